The van der Waals surface area contributed by atoms with Crippen molar-refractivity contribution < 1.29 is 9.59 Å². The summed E-state index contributed by atoms with van der Waals surface area (Å²) >= 11 is 0. The molecule has 0 fully saturated rings. The molecule has 21 heavy (non-hydrogen) atoms. The maximum absolute atomic E-state index is 11.9. The minimum absolute atomic E-state index is 0.00753. The van der Waals surface area contributed by atoms with E-state index in [1.54, 1.807) is 36.5 Å². The Kier molecular flexibility index (Phi) is 5.04. The van der Waals surface area contributed by atoms with Crippen LogP contribution in [0, 0.1) is 6.92 Å². The van der Waals surface area contributed by atoms with Gasteiger partial charge >= 0.3 is 6.03 Å². The molecule has 2 N–H and O–H groups in total. The third-order valence-corrected chi connectivity index (χ3v) is 2.92. The molecule has 0 spiro atoms. The van der Waals surface area contributed by atoms with Crippen molar-refractivity contribution in [1.29, 1.82) is 0 Å². The van der Waals surface area contributed by atoms with Crippen molar-refractivity contribution >= 4 is 17.6 Å². The number of hydrogen-bond acceptors (Lipinski definition) is 3. The number of aromatic nitrogens is 1. The van der Waals surface area contributed by atoms with Gasteiger partial charge in [-0.15, -0.1) is 0 Å². The van der Waals surface area contributed by atoms with E-state index in [1.807, 2.05) is 19.1 Å². The zero-order valence-electron chi connectivity index (χ0n) is 11.8. The molecule has 0 bridgehead atoms. The van der Waals surface area contributed by atoms with Gasteiger partial charge in [0.1, 0.15) is 5.82 Å². The highest BCUT2D eigenvalue weighted by molar-refractivity contribution is 5.96. The number of benzene rings is 1. The van der Waals surface area contributed by atoms with Gasteiger partial charge in [0, 0.05) is 24.7 Å². The fourth-order valence-electron chi connectivity index (χ4n) is 1.77. The summed E-state index contributed by atoms with van der Waals surface area (Å²) in [5.74, 6) is 0.480. The SMILES string of the molecule is Cc1ccc(C(=O)CCNC(=O)Nc2ccccn2)cc1. The van der Waals surface area contributed by atoms with Gasteiger partial charge in [-0.05, 0) is 19.1 Å². The molecule has 2 aromatic rings. The summed E-state index contributed by atoms with van der Waals surface area (Å²) in [7, 11) is 0. The van der Waals surface area contributed by atoms with Crippen LogP contribution in [0.4, 0.5) is 10.6 Å². The molecule has 5 heteroatoms. The molecule has 2 amide bonds. The zero-order chi connectivity index (χ0) is 15.1. The molecule has 1 heterocycles. The number of pyridine rings is 1. The first-order valence-electron chi connectivity index (χ1n) is 6.71. The number of carbonyl (C=O) groups is 2. The summed E-state index contributed by atoms with van der Waals surface area (Å²) in [5, 5.41) is 5.22. The van der Waals surface area contributed by atoms with Crippen LogP contribution in [0.2, 0.25) is 0 Å². The van der Waals surface area contributed by atoms with Gasteiger partial charge in [0.2, 0.25) is 0 Å². The Morgan fingerprint density at radius 1 is 1.10 bits per heavy atom. The Morgan fingerprint density at radius 3 is 2.52 bits per heavy atom. The number of anilines is 1. The number of ketones is 1. The Labute approximate surface area is 123 Å². The van der Waals surface area contributed by atoms with E-state index < -0.39 is 0 Å². The van der Waals surface area contributed by atoms with Crippen molar-refractivity contribution in [2.75, 3.05) is 11.9 Å². The van der Waals surface area contributed by atoms with Crippen LogP contribution in [0.15, 0.2) is 48.7 Å². The van der Waals surface area contributed by atoms with Crippen molar-refractivity contribution in [3.63, 3.8) is 0 Å². The summed E-state index contributed by atoms with van der Waals surface area (Å²) in [6.45, 7) is 2.25. The highest BCUT2D eigenvalue weighted by atomic mass is 16.2. The second-order valence-electron chi connectivity index (χ2n) is 4.64. The van der Waals surface area contributed by atoms with E-state index in [-0.39, 0.29) is 24.8 Å². The molecule has 0 radical (unpaired) electrons. The lowest BCUT2D eigenvalue weighted by atomic mass is 10.1. The van der Waals surface area contributed by atoms with E-state index >= 15 is 0 Å². The van der Waals surface area contributed by atoms with Gasteiger partial charge < -0.3 is 5.32 Å². The van der Waals surface area contributed by atoms with Crippen LogP contribution in [0.3, 0.4) is 0 Å². The number of amides is 2. The summed E-state index contributed by atoms with van der Waals surface area (Å²) in [6, 6.07) is 12.3. The molecular weight excluding hydrogens is 266 g/mol. The van der Waals surface area contributed by atoms with E-state index in [4.69, 9.17) is 0 Å². The van der Waals surface area contributed by atoms with E-state index in [1.165, 1.54) is 0 Å². The molecule has 108 valence electrons. The molecule has 1 aromatic carbocycles. The van der Waals surface area contributed by atoms with Gasteiger partial charge in [-0.25, -0.2) is 9.78 Å². The van der Waals surface area contributed by atoms with E-state index in [0.29, 0.717) is 11.4 Å². The molecule has 2 rings (SSSR count). The Hall–Kier alpha value is -2.69. The van der Waals surface area contributed by atoms with Gasteiger partial charge in [-0.2, -0.15) is 0 Å². The predicted octanol–water partition coefficient (Wildman–Crippen LogP) is 2.78. The van der Waals surface area contributed by atoms with Gasteiger partial charge in [0.15, 0.2) is 5.78 Å². The third-order valence-electron chi connectivity index (χ3n) is 2.92. The van der Waals surface area contributed by atoms with Gasteiger partial charge in [0.05, 0.1) is 0 Å². The largest absolute Gasteiger partial charge is 0.337 e. The van der Waals surface area contributed by atoms with Crippen LogP contribution in [-0.4, -0.2) is 23.3 Å². The highest BCUT2D eigenvalue weighted by Gasteiger charge is 2.07. The highest BCUT2D eigenvalue weighted by Crippen LogP contribution is 2.05. The zero-order valence-corrected chi connectivity index (χ0v) is 11.8. The van der Waals surface area contributed by atoms with Gasteiger partial charge in [-0.3, -0.25) is 10.1 Å². The van der Waals surface area contributed by atoms with Crippen molar-refractivity contribution in [3.05, 3.63) is 59.8 Å². The monoisotopic (exact) mass is 283 g/mol. The number of rotatable bonds is 5. The molecule has 0 aliphatic rings. The summed E-state index contributed by atoms with van der Waals surface area (Å²) in [5.41, 5.74) is 1.77. The molecule has 5 nitrogen and oxygen atoms in total. The molecule has 0 saturated carbocycles. The van der Waals surface area contributed by atoms with Crippen LogP contribution < -0.4 is 10.6 Å². The third kappa shape index (κ3) is 4.72. The second-order valence-corrected chi connectivity index (χ2v) is 4.64. The Morgan fingerprint density at radius 2 is 1.86 bits per heavy atom. The molecule has 0 aliphatic carbocycles. The average Bonchev–Trinajstić information content (AvgIpc) is 2.49. The minimum atomic E-state index is -0.370. The van der Waals surface area contributed by atoms with Crippen molar-refractivity contribution in [2.45, 2.75) is 13.3 Å². The quantitative estimate of drug-likeness (QED) is 0.829. The van der Waals surface area contributed by atoms with E-state index in [9.17, 15) is 9.59 Å². The predicted molar refractivity (Wildman–Crippen MR) is 81.4 cm³/mol. The molecule has 1 aromatic heterocycles. The first-order chi connectivity index (χ1) is 10.1. The molecule has 0 aliphatic heterocycles. The molecular formula is C16H17N3O2. The van der Waals surface area contributed by atoms with Crippen LogP contribution >= 0.6 is 0 Å². The van der Waals surface area contributed by atoms with Crippen LogP contribution in [-0.2, 0) is 0 Å². The normalized spacial score (nSPS) is 9.95. The van der Waals surface area contributed by atoms with Gasteiger partial charge in [0.25, 0.3) is 0 Å². The number of nitrogens with zero attached hydrogens (tertiary/aromatic N) is 1. The lowest BCUT2D eigenvalue weighted by molar-refractivity contribution is 0.0984. The Balaban J connectivity index is 1.75. The van der Waals surface area contributed by atoms with E-state index in [0.717, 1.165) is 5.56 Å². The topological polar surface area (TPSA) is 71.1 Å². The fraction of sp³-hybridized carbons (Fsp3) is 0.188. The first-order valence-corrected chi connectivity index (χ1v) is 6.71. The molecule has 0 atom stereocenters. The van der Waals surface area contributed by atoms with Crippen LogP contribution in [0.1, 0.15) is 22.3 Å². The number of Topliss-reactive ketones (excluding diaryl/α,β-unsaturated/α-hetero) is 1. The summed E-state index contributed by atoms with van der Waals surface area (Å²) < 4.78 is 0. The number of nitrogens with one attached hydrogen (secondary N) is 2. The maximum atomic E-state index is 11.9. The first kappa shape index (κ1) is 14.7. The number of urea groups is 1. The average molecular weight is 283 g/mol. The minimum Gasteiger partial charge on any atom is -0.337 e. The lowest BCUT2D eigenvalue weighted by Crippen LogP contribution is -2.30. The standard InChI is InChI=1S/C16H17N3O2/c1-12-5-7-13(8-6-12)14(20)9-11-18-16(21)19-15-4-2-3-10-17-15/h2-8,10H,9,11H2,1H3,(H2,17,18,19,21). The van der Waals surface area contributed by atoms with Crippen molar-refractivity contribution in [3.8, 4) is 0 Å². The summed E-state index contributed by atoms with van der Waals surface area (Å²) in [4.78, 5) is 27.5. The lowest BCUT2D eigenvalue weighted by Gasteiger charge is -2.06. The van der Waals surface area contributed by atoms with Crippen LogP contribution in [0.25, 0.3) is 0 Å². The van der Waals surface area contributed by atoms with Crippen molar-refractivity contribution in [2.24, 2.45) is 0 Å². The maximum Gasteiger partial charge on any atom is 0.320 e. The summed E-state index contributed by atoms with van der Waals surface area (Å²) in [6.07, 6.45) is 1.86. The number of carbonyl (C=O) groups excluding carboxylic acids is 2. The smallest absolute Gasteiger partial charge is 0.320 e. The Bertz CT molecular complexity index is 609. The fourth-order valence-corrected chi connectivity index (χ4v) is 1.77. The van der Waals surface area contributed by atoms with E-state index in [2.05, 4.69) is 15.6 Å². The second kappa shape index (κ2) is 7.19. The van der Waals surface area contributed by atoms with Gasteiger partial charge in [-0.1, -0.05) is 35.9 Å². The molecule has 0 unspecified atom stereocenters. The van der Waals surface area contributed by atoms with Crippen molar-refractivity contribution in [1.82, 2.24) is 10.3 Å². The van der Waals surface area contributed by atoms with Crippen LogP contribution in [0.5, 0.6) is 0 Å². The molecule has 0 saturated heterocycles. The number of hydrogen-bond donors (Lipinski definition) is 2. The number of aryl methyl sites for hydroxylation is 1.